The first-order chi connectivity index (χ1) is 27.0. The maximum absolute atomic E-state index is 12.4. The van der Waals surface area contributed by atoms with Crippen LogP contribution in [0.15, 0.2) is 12.2 Å². The molecule has 0 fully saturated rings. The Morgan fingerprint density at radius 1 is 0.491 bits per heavy atom. The summed E-state index contributed by atoms with van der Waals surface area (Å²) in [4.78, 5) is 24.4. The monoisotopic (exact) mass is 778 g/mol. The lowest BCUT2D eigenvalue weighted by atomic mass is 10.0. The van der Waals surface area contributed by atoms with Gasteiger partial charge in [-0.25, -0.2) is 0 Å². The maximum Gasteiger partial charge on any atom is 0.305 e. The number of amides is 1. The van der Waals surface area contributed by atoms with Crippen LogP contribution in [0.5, 0.6) is 0 Å². The number of rotatable bonds is 45. The second-order valence-electron chi connectivity index (χ2n) is 16.8. The molecule has 0 aromatic rings. The zero-order chi connectivity index (χ0) is 40.1. The van der Waals surface area contributed by atoms with Gasteiger partial charge in [0.15, 0.2) is 0 Å². The van der Waals surface area contributed by atoms with Gasteiger partial charge < -0.3 is 20.3 Å². The van der Waals surface area contributed by atoms with Crippen LogP contribution in [0.1, 0.15) is 264 Å². The number of carbonyl (C=O) groups excluding carboxylic acids is 2. The Labute approximate surface area is 342 Å². The van der Waals surface area contributed by atoms with Gasteiger partial charge in [-0.1, -0.05) is 212 Å². The van der Waals surface area contributed by atoms with Crippen LogP contribution in [0, 0.1) is 0 Å². The summed E-state index contributed by atoms with van der Waals surface area (Å²) in [6.45, 7) is 4.90. The molecule has 3 N–H and O–H groups in total. The molecule has 6 nitrogen and oxygen atoms in total. The molecule has 0 rings (SSSR count). The Balaban J connectivity index is 3.44. The lowest BCUT2D eigenvalue weighted by Crippen LogP contribution is -2.45. The largest absolute Gasteiger partial charge is 0.466 e. The van der Waals surface area contributed by atoms with Crippen molar-refractivity contribution in [3.63, 3.8) is 0 Å². The van der Waals surface area contributed by atoms with E-state index in [9.17, 15) is 19.8 Å². The Bertz CT molecular complexity index is 817. The van der Waals surface area contributed by atoms with Gasteiger partial charge in [0.2, 0.25) is 5.91 Å². The third kappa shape index (κ3) is 42.0. The smallest absolute Gasteiger partial charge is 0.305 e. The quantitative estimate of drug-likeness (QED) is 0.0325. The van der Waals surface area contributed by atoms with Gasteiger partial charge in [-0.05, 0) is 51.4 Å². The zero-order valence-electron chi connectivity index (χ0n) is 36.9. The fourth-order valence-electron chi connectivity index (χ4n) is 7.51. The predicted molar refractivity (Wildman–Crippen MR) is 237 cm³/mol. The summed E-state index contributed by atoms with van der Waals surface area (Å²) in [5.41, 5.74) is 0. The van der Waals surface area contributed by atoms with Crippen LogP contribution in [0.4, 0.5) is 0 Å². The van der Waals surface area contributed by atoms with E-state index in [1.807, 2.05) is 0 Å². The third-order valence-corrected chi connectivity index (χ3v) is 11.3. The van der Waals surface area contributed by atoms with E-state index < -0.39 is 12.1 Å². The van der Waals surface area contributed by atoms with Gasteiger partial charge in [0.1, 0.15) is 0 Å². The predicted octanol–water partition coefficient (Wildman–Crippen LogP) is 14.2. The lowest BCUT2D eigenvalue weighted by molar-refractivity contribution is -0.143. The van der Waals surface area contributed by atoms with Gasteiger partial charge in [-0.3, -0.25) is 9.59 Å². The maximum atomic E-state index is 12.4. The summed E-state index contributed by atoms with van der Waals surface area (Å²) < 4.78 is 5.44. The van der Waals surface area contributed by atoms with Crippen molar-refractivity contribution in [1.29, 1.82) is 0 Å². The van der Waals surface area contributed by atoms with Gasteiger partial charge in [0, 0.05) is 12.8 Å². The fourth-order valence-corrected chi connectivity index (χ4v) is 7.51. The number of allylic oxidation sites excluding steroid dienone is 2. The molecular formula is C49H95NO5. The zero-order valence-corrected chi connectivity index (χ0v) is 36.9. The Morgan fingerprint density at radius 2 is 0.855 bits per heavy atom. The molecular weight excluding hydrogens is 683 g/mol. The SMILES string of the molecule is CCCCC/C=C\CCCCCCCC(=O)OCCCCCCCCCCCCCCCCC(=O)NC(CO)C(O)CCCCCCCCCCCCCC. The van der Waals surface area contributed by atoms with Crippen molar-refractivity contribution >= 4 is 11.9 Å². The number of unbranched alkanes of at least 4 members (excludes halogenated alkanes) is 32. The first kappa shape index (κ1) is 53.6. The Kier molecular flexibility index (Phi) is 44.2. The van der Waals surface area contributed by atoms with Crippen LogP contribution in [0.25, 0.3) is 0 Å². The molecule has 0 aliphatic heterocycles. The second-order valence-corrected chi connectivity index (χ2v) is 16.8. The normalized spacial score (nSPS) is 12.7. The van der Waals surface area contributed by atoms with Crippen molar-refractivity contribution in [3.8, 4) is 0 Å². The molecule has 0 saturated carbocycles. The molecule has 2 atom stereocenters. The van der Waals surface area contributed by atoms with Gasteiger partial charge >= 0.3 is 5.97 Å². The van der Waals surface area contributed by atoms with Crippen LogP contribution in [-0.4, -0.2) is 47.4 Å². The van der Waals surface area contributed by atoms with Gasteiger partial charge in [-0.2, -0.15) is 0 Å². The standard InChI is InChI=1S/C49H95NO5/c1-3-5-7-9-11-13-15-21-25-29-33-37-41-47(52)46(45-51)50-48(53)42-38-34-30-26-22-19-17-18-20-24-28-32-36-40-44-55-49(54)43-39-35-31-27-23-16-14-12-10-8-6-4-2/h12,14,46-47,51-52H,3-11,13,15-45H2,1-2H3,(H,50,53)/b14-12-. The lowest BCUT2D eigenvalue weighted by Gasteiger charge is -2.22. The van der Waals surface area contributed by atoms with Crippen LogP contribution in [0.2, 0.25) is 0 Å². The summed E-state index contributed by atoms with van der Waals surface area (Å²) in [6.07, 6.45) is 50.2. The number of aliphatic hydroxyl groups is 2. The van der Waals surface area contributed by atoms with E-state index in [1.54, 1.807) is 0 Å². The highest BCUT2D eigenvalue weighted by molar-refractivity contribution is 5.76. The molecule has 0 radical (unpaired) electrons. The molecule has 326 valence electrons. The van der Waals surface area contributed by atoms with E-state index in [1.165, 1.54) is 180 Å². The van der Waals surface area contributed by atoms with Crippen molar-refractivity contribution in [3.05, 3.63) is 12.2 Å². The van der Waals surface area contributed by atoms with E-state index in [4.69, 9.17) is 4.74 Å². The molecule has 0 aliphatic carbocycles. The van der Waals surface area contributed by atoms with Crippen molar-refractivity contribution < 1.29 is 24.5 Å². The summed E-state index contributed by atoms with van der Waals surface area (Å²) in [5.74, 6) is -0.0587. The molecule has 0 saturated heterocycles. The highest BCUT2D eigenvalue weighted by atomic mass is 16.5. The molecule has 2 unspecified atom stereocenters. The van der Waals surface area contributed by atoms with Gasteiger partial charge in [-0.15, -0.1) is 0 Å². The van der Waals surface area contributed by atoms with E-state index in [2.05, 4.69) is 31.3 Å². The summed E-state index contributed by atoms with van der Waals surface area (Å²) in [6, 6.07) is -0.547. The summed E-state index contributed by atoms with van der Waals surface area (Å²) >= 11 is 0. The molecule has 0 bridgehead atoms. The number of aliphatic hydroxyl groups excluding tert-OH is 2. The number of hydrogen-bond donors (Lipinski definition) is 3. The molecule has 0 spiro atoms. The highest BCUT2D eigenvalue weighted by Gasteiger charge is 2.20. The molecule has 1 amide bonds. The minimum atomic E-state index is -0.669. The van der Waals surface area contributed by atoms with E-state index >= 15 is 0 Å². The van der Waals surface area contributed by atoms with Crippen molar-refractivity contribution in [2.24, 2.45) is 0 Å². The van der Waals surface area contributed by atoms with Crippen LogP contribution in [0.3, 0.4) is 0 Å². The summed E-state index contributed by atoms with van der Waals surface area (Å²) in [7, 11) is 0. The minimum absolute atomic E-state index is 0.0124. The number of nitrogens with one attached hydrogen (secondary N) is 1. The first-order valence-electron chi connectivity index (χ1n) is 24.4. The van der Waals surface area contributed by atoms with E-state index in [0.717, 1.165) is 51.4 Å². The Morgan fingerprint density at radius 3 is 1.33 bits per heavy atom. The van der Waals surface area contributed by atoms with Crippen LogP contribution < -0.4 is 5.32 Å². The first-order valence-corrected chi connectivity index (χ1v) is 24.4. The highest BCUT2D eigenvalue weighted by Crippen LogP contribution is 2.16. The van der Waals surface area contributed by atoms with E-state index in [0.29, 0.717) is 25.9 Å². The fraction of sp³-hybridized carbons (Fsp3) is 0.918. The molecule has 0 aliphatic rings. The third-order valence-electron chi connectivity index (χ3n) is 11.3. The van der Waals surface area contributed by atoms with Gasteiger partial charge in [0.05, 0.1) is 25.4 Å². The van der Waals surface area contributed by atoms with Gasteiger partial charge in [0.25, 0.3) is 0 Å². The van der Waals surface area contributed by atoms with Crippen molar-refractivity contribution in [1.82, 2.24) is 5.32 Å². The number of ether oxygens (including phenoxy) is 1. The summed E-state index contributed by atoms with van der Waals surface area (Å²) in [5, 5.41) is 23.1. The average molecular weight is 778 g/mol. The van der Waals surface area contributed by atoms with Crippen molar-refractivity contribution in [2.45, 2.75) is 276 Å². The molecule has 0 heterocycles. The number of hydrogen-bond acceptors (Lipinski definition) is 5. The molecule has 6 heteroatoms. The molecule has 55 heavy (non-hydrogen) atoms. The topological polar surface area (TPSA) is 95.9 Å². The Hall–Kier alpha value is -1.40. The molecule has 0 aromatic heterocycles. The van der Waals surface area contributed by atoms with Crippen LogP contribution >= 0.6 is 0 Å². The number of carbonyl (C=O) groups is 2. The average Bonchev–Trinajstić information content (AvgIpc) is 3.18. The minimum Gasteiger partial charge on any atom is -0.466 e. The van der Waals surface area contributed by atoms with Crippen molar-refractivity contribution in [2.75, 3.05) is 13.2 Å². The second kappa shape index (κ2) is 45.3. The van der Waals surface area contributed by atoms with E-state index in [-0.39, 0.29) is 18.5 Å². The molecule has 0 aromatic carbocycles. The van der Waals surface area contributed by atoms with Crippen LogP contribution in [-0.2, 0) is 14.3 Å². The number of esters is 1.